The Balaban J connectivity index is 1.47. The fraction of sp³-hybridized carbons (Fsp3) is 0.333. The minimum Gasteiger partial charge on any atom is -0.384 e. The van der Waals surface area contributed by atoms with Gasteiger partial charge < -0.3 is 35.4 Å². The molecule has 2 aliphatic heterocycles. The summed E-state index contributed by atoms with van der Waals surface area (Å²) in [5, 5.41) is 20.5. The molecule has 2 saturated heterocycles. The van der Waals surface area contributed by atoms with Gasteiger partial charge in [0.1, 0.15) is 11.7 Å². The second-order valence-corrected chi connectivity index (χ2v) is 8.28. The van der Waals surface area contributed by atoms with E-state index in [2.05, 4.69) is 5.32 Å². The summed E-state index contributed by atoms with van der Waals surface area (Å²) in [6, 6.07) is 9.81. The van der Waals surface area contributed by atoms with Crippen LogP contribution in [0.1, 0.15) is 15.9 Å². The molecule has 0 aromatic heterocycles. The zero-order chi connectivity index (χ0) is 25.8. The van der Waals surface area contributed by atoms with Crippen LogP contribution in [-0.2, 0) is 19.1 Å². The van der Waals surface area contributed by atoms with E-state index in [1.54, 1.807) is 0 Å². The number of carbonyl (C=O) groups is 3. The molecule has 0 bridgehead atoms. The van der Waals surface area contributed by atoms with Gasteiger partial charge in [0.05, 0.1) is 25.4 Å². The van der Waals surface area contributed by atoms with Crippen LogP contribution in [0.25, 0.3) is 0 Å². The number of hydrogen-bond donors (Lipinski definition) is 4. The number of rotatable bonds is 6. The first-order chi connectivity index (χ1) is 17.3. The number of carbonyl (C=O) groups excluding carboxylic acids is 3. The molecule has 4 rings (SSSR count). The van der Waals surface area contributed by atoms with Gasteiger partial charge in [-0.3, -0.25) is 19.8 Å². The number of aliphatic hydroxyl groups excluding tert-OH is 1. The van der Waals surface area contributed by atoms with E-state index in [4.69, 9.17) is 20.6 Å². The highest BCUT2D eigenvalue weighted by Crippen LogP contribution is 2.25. The lowest BCUT2D eigenvalue weighted by Crippen LogP contribution is -2.55. The Labute approximate surface area is 206 Å². The minimum atomic E-state index is -1.83. The van der Waals surface area contributed by atoms with Gasteiger partial charge in [0.2, 0.25) is 0 Å². The molecule has 3 amide bonds. The zero-order valence-electron chi connectivity index (χ0n) is 19.3. The quantitative estimate of drug-likeness (QED) is 0.329. The summed E-state index contributed by atoms with van der Waals surface area (Å²) >= 11 is 0. The number of halogens is 1. The van der Waals surface area contributed by atoms with Gasteiger partial charge in [-0.25, -0.2) is 4.39 Å². The van der Waals surface area contributed by atoms with Crippen molar-refractivity contribution in [3.05, 3.63) is 59.4 Å². The van der Waals surface area contributed by atoms with Crippen molar-refractivity contribution in [1.29, 1.82) is 5.41 Å². The fourth-order valence-corrected chi connectivity index (χ4v) is 3.96. The van der Waals surface area contributed by atoms with Crippen LogP contribution in [0.4, 0.5) is 15.8 Å². The first-order valence-corrected chi connectivity index (χ1v) is 11.3. The van der Waals surface area contributed by atoms with E-state index in [-0.39, 0.29) is 30.2 Å². The molecule has 190 valence electrons. The lowest BCUT2D eigenvalue weighted by Gasteiger charge is -2.34. The van der Waals surface area contributed by atoms with Gasteiger partial charge in [-0.1, -0.05) is 0 Å². The molecular weight excluding hydrogens is 473 g/mol. The number of nitrogen functional groups attached to an aromatic ring is 1. The Hall–Kier alpha value is -3.87. The van der Waals surface area contributed by atoms with Gasteiger partial charge in [-0.15, -0.1) is 0 Å². The number of aliphatic hydroxyl groups is 1. The molecule has 0 aliphatic carbocycles. The first-order valence-electron chi connectivity index (χ1n) is 11.3. The minimum absolute atomic E-state index is 0.0121. The normalized spacial score (nSPS) is 19.1. The molecule has 2 aromatic rings. The summed E-state index contributed by atoms with van der Waals surface area (Å²) in [6.45, 7) is 1.49. The molecule has 5 N–H and O–H groups in total. The number of morpholine rings is 2. The van der Waals surface area contributed by atoms with E-state index in [1.807, 2.05) is 0 Å². The van der Waals surface area contributed by atoms with Crippen LogP contribution in [0.2, 0.25) is 0 Å². The van der Waals surface area contributed by atoms with E-state index < -0.39 is 35.7 Å². The average molecular weight is 499 g/mol. The summed E-state index contributed by atoms with van der Waals surface area (Å²) in [4.78, 5) is 41.3. The Morgan fingerprint density at radius 2 is 1.81 bits per heavy atom. The van der Waals surface area contributed by atoms with Crippen LogP contribution >= 0.6 is 0 Å². The Morgan fingerprint density at radius 3 is 2.47 bits per heavy atom. The second kappa shape index (κ2) is 10.8. The number of amides is 3. The van der Waals surface area contributed by atoms with Crippen LogP contribution in [0, 0.1) is 11.2 Å². The Morgan fingerprint density at radius 1 is 1.11 bits per heavy atom. The maximum atomic E-state index is 14.5. The van der Waals surface area contributed by atoms with Crippen molar-refractivity contribution >= 4 is 34.9 Å². The van der Waals surface area contributed by atoms with Gasteiger partial charge in [0, 0.05) is 36.6 Å². The number of hydrogen-bond acceptors (Lipinski definition) is 7. The highest BCUT2D eigenvalue weighted by molar-refractivity contribution is 6.05. The van der Waals surface area contributed by atoms with Crippen molar-refractivity contribution in [3.8, 4) is 0 Å². The number of anilines is 2. The summed E-state index contributed by atoms with van der Waals surface area (Å²) in [5.74, 6) is -2.93. The molecule has 2 aliphatic rings. The standard InChI is InChI=1S/C24H26FN5O6/c25-18-6-5-16(13-17(18)23(33)29-7-10-35-11-8-29)30-9-12-36-20(24(30)34)19(31)22(32)28-15-3-1-14(2-4-15)21(26)27/h1-6,13,19-20,31H,7-12H2,(H3,26,27)(H,28,32)/t19?,20-/m1/s1. The first kappa shape index (κ1) is 25.2. The van der Waals surface area contributed by atoms with Gasteiger partial charge in [0.25, 0.3) is 17.7 Å². The highest BCUT2D eigenvalue weighted by atomic mass is 19.1. The number of amidine groups is 1. The molecule has 2 heterocycles. The van der Waals surface area contributed by atoms with Crippen LogP contribution < -0.4 is 16.0 Å². The molecule has 0 saturated carbocycles. The highest BCUT2D eigenvalue weighted by Gasteiger charge is 2.39. The summed E-state index contributed by atoms with van der Waals surface area (Å²) in [7, 11) is 0. The Bertz CT molecular complexity index is 1170. The monoisotopic (exact) mass is 499 g/mol. The van der Waals surface area contributed by atoms with Crippen LogP contribution in [-0.4, -0.2) is 85.2 Å². The van der Waals surface area contributed by atoms with Crippen molar-refractivity contribution in [2.24, 2.45) is 5.73 Å². The third-order valence-electron chi connectivity index (χ3n) is 5.93. The number of nitrogens with zero attached hydrogens (tertiary/aromatic N) is 2. The molecule has 1 unspecified atom stereocenters. The molecule has 12 heteroatoms. The van der Waals surface area contributed by atoms with E-state index in [0.29, 0.717) is 37.6 Å². The molecule has 0 spiro atoms. The van der Waals surface area contributed by atoms with Gasteiger partial charge in [-0.05, 0) is 42.5 Å². The molecule has 2 atom stereocenters. The lowest BCUT2D eigenvalue weighted by molar-refractivity contribution is -0.150. The molecule has 11 nitrogen and oxygen atoms in total. The molecule has 36 heavy (non-hydrogen) atoms. The third kappa shape index (κ3) is 5.35. The Kier molecular flexibility index (Phi) is 7.58. The van der Waals surface area contributed by atoms with Crippen molar-refractivity contribution in [2.45, 2.75) is 12.2 Å². The SMILES string of the molecule is N=C(N)c1ccc(NC(=O)C(O)[C@H]2OCCN(c3ccc(F)c(C(=O)N4CCOCC4)c3)C2=O)cc1. The van der Waals surface area contributed by atoms with E-state index >= 15 is 0 Å². The predicted molar refractivity (Wildman–Crippen MR) is 127 cm³/mol. The molecule has 2 aromatic carbocycles. The van der Waals surface area contributed by atoms with E-state index in [9.17, 15) is 23.9 Å². The molecular formula is C24H26FN5O6. The van der Waals surface area contributed by atoms with Crippen molar-refractivity contribution in [1.82, 2.24) is 4.90 Å². The lowest BCUT2D eigenvalue weighted by atomic mass is 10.1. The van der Waals surface area contributed by atoms with Crippen LogP contribution in [0.3, 0.4) is 0 Å². The molecule has 2 fully saturated rings. The summed E-state index contributed by atoms with van der Waals surface area (Å²) in [6.07, 6.45) is -3.33. The van der Waals surface area contributed by atoms with Crippen molar-refractivity contribution < 1.29 is 33.4 Å². The summed E-state index contributed by atoms with van der Waals surface area (Å²) < 4.78 is 25.1. The average Bonchev–Trinajstić information content (AvgIpc) is 2.89. The number of ether oxygens (including phenoxy) is 2. The van der Waals surface area contributed by atoms with Crippen molar-refractivity contribution in [3.63, 3.8) is 0 Å². The topological polar surface area (TPSA) is 158 Å². The number of nitrogens with one attached hydrogen (secondary N) is 2. The zero-order valence-corrected chi connectivity index (χ0v) is 19.3. The summed E-state index contributed by atoms with van der Waals surface area (Å²) in [5.41, 5.74) is 6.26. The van der Waals surface area contributed by atoms with Crippen molar-refractivity contribution in [2.75, 3.05) is 49.7 Å². The van der Waals surface area contributed by atoms with E-state index in [1.165, 1.54) is 46.2 Å². The maximum absolute atomic E-state index is 14.5. The van der Waals surface area contributed by atoms with E-state index in [0.717, 1.165) is 6.07 Å². The van der Waals surface area contributed by atoms with Crippen LogP contribution in [0.5, 0.6) is 0 Å². The largest absolute Gasteiger partial charge is 0.384 e. The number of benzene rings is 2. The second-order valence-electron chi connectivity index (χ2n) is 8.28. The maximum Gasteiger partial charge on any atom is 0.259 e. The fourth-order valence-electron chi connectivity index (χ4n) is 3.96. The van der Waals surface area contributed by atoms with Gasteiger partial charge in [-0.2, -0.15) is 0 Å². The molecule has 0 radical (unpaired) electrons. The van der Waals surface area contributed by atoms with Gasteiger partial charge in [0.15, 0.2) is 12.2 Å². The third-order valence-corrected chi connectivity index (χ3v) is 5.93. The smallest absolute Gasteiger partial charge is 0.259 e. The number of nitrogens with two attached hydrogens (primary N) is 1. The predicted octanol–water partition coefficient (Wildman–Crippen LogP) is 0.314. The van der Waals surface area contributed by atoms with Crippen LogP contribution in [0.15, 0.2) is 42.5 Å². The van der Waals surface area contributed by atoms with Gasteiger partial charge >= 0.3 is 0 Å².